The van der Waals surface area contributed by atoms with Gasteiger partial charge in [0.25, 0.3) is 17.0 Å². The second-order valence-electron chi connectivity index (χ2n) is 8.08. The van der Waals surface area contributed by atoms with E-state index in [2.05, 4.69) is 15.5 Å². The molecule has 1 amide bonds. The van der Waals surface area contributed by atoms with Crippen molar-refractivity contribution < 1.29 is 18.8 Å². The van der Waals surface area contributed by atoms with E-state index in [0.29, 0.717) is 6.42 Å². The molecule has 28 heavy (non-hydrogen) atoms. The minimum atomic E-state index is -0.584. The van der Waals surface area contributed by atoms with Gasteiger partial charge in [0.15, 0.2) is 6.54 Å². The molecule has 0 atom stereocenters. The summed E-state index contributed by atoms with van der Waals surface area (Å²) in [4.78, 5) is 48.6. The summed E-state index contributed by atoms with van der Waals surface area (Å²) in [5, 5.41) is 7.47. The van der Waals surface area contributed by atoms with Crippen LogP contribution in [0.3, 0.4) is 0 Å². The van der Waals surface area contributed by atoms with Crippen LogP contribution in [0.4, 0.5) is 5.69 Å². The summed E-state index contributed by atoms with van der Waals surface area (Å²) >= 11 is 0. The zero-order valence-electron chi connectivity index (χ0n) is 16.8. The third-order valence-electron chi connectivity index (χ3n) is 4.65. The van der Waals surface area contributed by atoms with Crippen LogP contribution in [0.25, 0.3) is 10.8 Å². The monoisotopic (exact) mass is 391 g/mol. The van der Waals surface area contributed by atoms with E-state index in [9.17, 15) is 19.2 Å². The first-order chi connectivity index (χ1) is 13.0. The first-order valence-electron chi connectivity index (χ1n) is 8.99. The maximum Gasteiger partial charge on any atom is 0.315 e. The number of benzene rings is 1. The van der Waals surface area contributed by atoms with Crippen molar-refractivity contribution in [3.8, 4) is 0 Å². The molecule has 0 aliphatic carbocycles. The molecule has 0 fully saturated rings. The number of hydrogen-bond acceptors (Lipinski definition) is 5. The van der Waals surface area contributed by atoms with Crippen LogP contribution in [0, 0.1) is 5.41 Å². The average molecular weight is 391 g/mol. The number of ether oxygens (including phenoxy) is 1. The number of likely N-dealkylation sites (N-methyl/N-ethyl adjacent to an activating group) is 1. The van der Waals surface area contributed by atoms with E-state index in [0.717, 1.165) is 0 Å². The number of carbonyl (C=O) groups excluding carboxylic acids is 2. The van der Waals surface area contributed by atoms with Crippen molar-refractivity contribution in [2.75, 3.05) is 32.7 Å². The van der Waals surface area contributed by atoms with Gasteiger partial charge in [-0.2, -0.15) is 0 Å². The third kappa shape index (κ3) is 4.86. The van der Waals surface area contributed by atoms with Gasteiger partial charge in [-0.05, 0) is 32.4 Å². The molecule has 1 heterocycles. The van der Waals surface area contributed by atoms with Crippen molar-refractivity contribution >= 4 is 28.3 Å². The Morgan fingerprint density at radius 3 is 2.43 bits per heavy atom. The maximum absolute atomic E-state index is 12.5. The van der Waals surface area contributed by atoms with Gasteiger partial charge in [-0.25, -0.2) is 0 Å². The van der Waals surface area contributed by atoms with Crippen molar-refractivity contribution in [1.29, 1.82) is 0 Å². The molecule has 0 saturated carbocycles. The van der Waals surface area contributed by atoms with E-state index in [-0.39, 0.29) is 46.1 Å². The van der Waals surface area contributed by atoms with Crippen LogP contribution in [0.5, 0.6) is 0 Å². The van der Waals surface area contributed by atoms with Crippen molar-refractivity contribution in [2.45, 2.75) is 27.2 Å². The number of aromatic amines is 2. The summed E-state index contributed by atoms with van der Waals surface area (Å²) in [6, 6.07) is 4.65. The van der Waals surface area contributed by atoms with Gasteiger partial charge in [-0.3, -0.25) is 33.9 Å². The van der Waals surface area contributed by atoms with Crippen LogP contribution < -0.4 is 16.4 Å². The second-order valence-corrected chi connectivity index (χ2v) is 8.08. The lowest BCUT2D eigenvalue weighted by molar-refractivity contribution is -0.899. The molecule has 0 radical (unpaired) electrons. The lowest BCUT2D eigenvalue weighted by atomic mass is 9.91. The zero-order valence-corrected chi connectivity index (χ0v) is 16.8. The summed E-state index contributed by atoms with van der Waals surface area (Å²) in [5.41, 5.74) is -1.29. The minimum Gasteiger partial charge on any atom is -0.415 e. The second kappa shape index (κ2) is 7.97. The Bertz CT molecular complexity index is 1000. The topological polar surface area (TPSA) is 121 Å². The fraction of sp³-hybridized carbons (Fsp3) is 0.474. The van der Waals surface area contributed by atoms with Gasteiger partial charge in [-0.15, -0.1) is 0 Å². The molecule has 9 heteroatoms. The fourth-order valence-electron chi connectivity index (χ4n) is 2.53. The number of anilines is 1. The molecule has 2 rings (SSSR count). The van der Waals surface area contributed by atoms with E-state index in [1.165, 1.54) is 6.07 Å². The normalized spacial score (nSPS) is 12.0. The summed E-state index contributed by atoms with van der Waals surface area (Å²) in [6.07, 6.45) is 0.647. The van der Waals surface area contributed by atoms with Gasteiger partial charge in [0.1, 0.15) is 0 Å². The molecule has 0 bridgehead atoms. The molecule has 0 aliphatic heterocycles. The van der Waals surface area contributed by atoms with Gasteiger partial charge in [0, 0.05) is 0 Å². The van der Waals surface area contributed by atoms with Crippen molar-refractivity contribution in [3.63, 3.8) is 0 Å². The molecule has 0 saturated heterocycles. The molecular formula is C19H27N4O5+. The first-order valence-corrected chi connectivity index (χ1v) is 8.99. The number of hydrogen-bond donors (Lipinski definition) is 3. The zero-order chi connectivity index (χ0) is 21.1. The highest BCUT2D eigenvalue weighted by molar-refractivity contribution is 6.01. The van der Waals surface area contributed by atoms with E-state index < -0.39 is 16.5 Å². The molecule has 9 nitrogen and oxygen atoms in total. The Kier molecular flexibility index (Phi) is 6.08. The molecule has 1 aromatic carbocycles. The number of fused-ring (bicyclic) bond motifs is 1. The highest BCUT2D eigenvalue weighted by atomic mass is 16.5. The van der Waals surface area contributed by atoms with Crippen LogP contribution in [0.2, 0.25) is 0 Å². The molecule has 0 aliphatic rings. The molecule has 0 unspecified atom stereocenters. The molecule has 3 N–H and O–H groups in total. The highest BCUT2D eigenvalue weighted by Crippen LogP contribution is 2.22. The van der Waals surface area contributed by atoms with E-state index in [4.69, 9.17) is 4.74 Å². The maximum atomic E-state index is 12.5. The molecule has 2 aromatic rings. The Hall–Kier alpha value is -2.94. The number of nitrogens with zero attached hydrogens (tertiary/aromatic N) is 1. The van der Waals surface area contributed by atoms with Crippen LogP contribution >= 0.6 is 0 Å². The van der Waals surface area contributed by atoms with Crippen LogP contribution in [0.15, 0.2) is 27.8 Å². The number of quaternary nitrogens is 1. The molecule has 152 valence electrons. The van der Waals surface area contributed by atoms with Crippen LogP contribution in [-0.2, 0) is 14.3 Å². The Balaban J connectivity index is 2.11. The van der Waals surface area contributed by atoms with Gasteiger partial charge in [-0.1, -0.05) is 13.0 Å². The van der Waals surface area contributed by atoms with Crippen molar-refractivity contribution in [3.05, 3.63) is 38.9 Å². The number of esters is 1. The average Bonchev–Trinajstić information content (AvgIpc) is 2.62. The highest BCUT2D eigenvalue weighted by Gasteiger charge is 2.30. The van der Waals surface area contributed by atoms with Crippen LogP contribution in [-0.4, -0.2) is 53.9 Å². The van der Waals surface area contributed by atoms with Gasteiger partial charge >= 0.3 is 5.97 Å². The number of amides is 1. The predicted molar refractivity (Wildman–Crippen MR) is 106 cm³/mol. The Morgan fingerprint density at radius 1 is 1.14 bits per heavy atom. The fourth-order valence-corrected chi connectivity index (χ4v) is 2.53. The quantitative estimate of drug-likeness (QED) is 0.372. The summed E-state index contributed by atoms with van der Waals surface area (Å²) in [6.45, 7) is 5.57. The van der Waals surface area contributed by atoms with Gasteiger partial charge < -0.3 is 10.1 Å². The van der Waals surface area contributed by atoms with Crippen molar-refractivity contribution in [2.24, 2.45) is 5.41 Å². The van der Waals surface area contributed by atoms with Gasteiger partial charge in [0.05, 0.1) is 36.0 Å². The predicted octanol–water partition coefficient (Wildman–Crippen LogP) is 1.17. The number of rotatable bonds is 7. The number of H-pyrrole nitrogens is 2. The molecular weight excluding hydrogens is 364 g/mol. The third-order valence-corrected chi connectivity index (χ3v) is 4.65. The van der Waals surface area contributed by atoms with Crippen LogP contribution in [0.1, 0.15) is 27.2 Å². The molecule has 1 aromatic heterocycles. The number of aromatic nitrogens is 2. The van der Waals surface area contributed by atoms with E-state index in [1.54, 1.807) is 26.2 Å². The first kappa shape index (κ1) is 21.4. The van der Waals surface area contributed by atoms with Gasteiger partial charge in [0.2, 0.25) is 6.73 Å². The van der Waals surface area contributed by atoms with Crippen molar-refractivity contribution in [1.82, 2.24) is 10.2 Å². The SMILES string of the molecule is CCC(C)(C)C(=O)OC[N+](C)(C)CC(=O)Nc1cccc2c(=O)[nH][nH]c(=O)c12. The van der Waals surface area contributed by atoms with E-state index in [1.807, 2.05) is 20.8 Å². The lowest BCUT2D eigenvalue weighted by Gasteiger charge is -2.30. The number of nitrogens with one attached hydrogen (secondary N) is 3. The standard InChI is InChI=1S/C19H26N4O5/c1-6-19(2,3)18(27)28-11-23(4,5)10-14(24)20-13-9-7-8-12-15(13)17(26)22-21-16(12)25/h7-9H,6,10-11H2,1-5H3,(H2-,20,21,22,24,25,26)/p+1. The van der Waals surface area contributed by atoms with E-state index >= 15 is 0 Å². The lowest BCUT2D eigenvalue weighted by Crippen LogP contribution is -2.48. The summed E-state index contributed by atoms with van der Waals surface area (Å²) < 4.78 is 5.48. The summed E-state index contributed by atoms with van der Waals surface area (Å²) in [7, 11) is 3.51. The minimum absolute atomic E-state index is 0.0112. The largest absolute Gasteiger partial charge is 0.415 e. The summed E-state index contributed by atoms with van der Waals surface area (Å²) in [5.74, 6) is -0.690. The Morgan fingerprint density at radius 2 is 1.79 bits per heavy atom. The Labute approximate surface area is 162 Å². The number of carbonyl (C=O) groups is 2. The molecule has 0 spiro atoms. The smallest absolute Gasteiger partial charge is 0.315 e.